The molecule has 0 N–H and O–H groups in total. The molecule has 4 heterocycles. The molecule has 8 heteroatoms. The highest BCUT2D eigenvalue weighted by Gasteiger charge is 2.25. The van der Waals surface area contributed by atoms with Gasteiger partial charge in [0.1, 0.15) is 13.2 Å². The van der Waals surface area contributed by atoms with Gasteiger partial charge in [-0.15, -0.1) is 11.3 Å². The van der Waals surface area contributed by atoms with E-state index in [1.165, 1.54) is 0 Å². The van der Waals surface area contributed by atoms with E-state index in [1.54, 1.807) is 33.3 Å². The Labute approximate surface area is 183 Å². The second-order valence-electron chi connectivity index (χ2n) is 7.04. The van der Waals surface area contributed by atoms with E-state index in [1.807, 2.05) is 60.8 Å². The number of fused-ring (bicyclic) bond motifs is 1. The number of benzene rings is 1. The van der Waals surface area contributed by atoms with Crippen molar-refractivity contribution in [1.29, 1.82) is 0 Å². The second-order valence-corrected chi connectivity index (χ2v) is 8.07. The van der Waals surface area contributed by atoms with E-state index in [2.05, 4.69) is 10.1 Å². The normalized spacial score (nSPS) is 12.5. The van der Waals surface area contributed by atoms with Crippen molar-refractivity contribution in [3.05, 3.63) is 82.4 Å². The van der Waals surface area contributed by atoms with Crippen molar-refractivity contribution < 1.29 is 14.3 Å². The Hall–Kier alpha value is -3.65. The van der Waals surface area contributed by atoms with E-state index in [4.69, 9.17) is 9.47 Å². The van der Waals surface area contributed by atoms with Crippen molar-refractivity contribution in [2.24, 2.45) is 0 Å². The molecule has 3 aromatic heterocycles. The van der Waals surface area contributed by atoms with Gasteiger partial charge in [0.25, 0.3) is 5.91 Å². The molecule has 156 valence electrons. The Morgan fingerprint density at radius 2 is 2.00 bits per heavy atom. The number of hydrogen-bond donors (Lipinski definition) is 0. The molecule has 1 amide bonds. The molecule has 0 radical (unpaired) electrons. The molecule has 31 heavy (non-hydrogen) atoms. The van der Waals surface area contributed by atoms with Gasteiger partial charge in [-0.3, -0.25) is 4.79 Å². The van der Waals surface area contributed by atoms with E-state index in [-0.39, 0.29) is 5.91 Å². The summed E-state index contributed by atoms with van der Waals surface area (Å²) in [4.78, 5) is 20.9. The summed E-state index contributed by atoms with van der Waals surface area (Å²) in [6.07, 6.45) is 3.31. The van der Waals surface area contributed by atoms with Crippen molar-refractivity contribution in [1.82, 2.24) is 14.8 Å². The number of nitrogens with zero attached hydrogens (tertiary/aromatic N) is 4. The number of anilines is 1. The molecule has 1 aliphatic rings. The van der Waals surface area contributed by atoms with Crippen molar-refractivity contribution >= 4 is 22.9 Å². The first-order chi connectivity index (χ1) is 15.2. The third kappa shape index (κ3) is 3.77. The van der Waals surface area contributed by atoms with Crippen LogP contribution in [-0.2, 0) is 6.54 Å². The van der Waals surface area contributed by atoms with Crippen LogP contribution in [0.1, 0.15) is 20.9 Å². The quantitative estimate of drug-likeness (QED) is 0.471. The van der Waals surface area contributed by atoms with Gasteiger partial charge in [-0.25, -0.2) is 9.67 Å². The molecule has 0 atom stereocenters. The van der Waals surface area contributed by atoms with Gasteiger partial charge in [-0.1, -0.05) is 12.1 Å². The predicted molar refractivity (Wildman–Crippen MR) is 118 cm³/mol. The first-order valence-electron chi connectivity index (χ1n) is 9.90. The minimum absolute atomic E-state index is 0.134. The molecule has 0 saturated carbocycles. The highest BCUT2D eigenvalue weighted by Crippen LogP contribution is 2.35. The van der Waals surface area contributed by atoms with E-state index >= 15 is 0 Å². The standard InChI is InChI=1S/C23H20N4O3S/c1-16-19(14-25-27(16)22-6-2-3-9-24-22)23(28)26(15-18-5-4-12-31-18)17-7-8-20-21(13-17)30-11-10-29-20/h2-9,12-14H,10-11,15H2,1H3. The smallest absolute Gasteiger partial charge is 0.262 e. The molecule has 0 fully saturated rings. The number of hydrogen-bond acceptors (Lipinski definition) is 6. The van der Waals surface area contributed by atoms with Gasteiger partial charge in [0.2, 0.25) is 0 Å². The van der Waals surface area contributed by atoms with E-state index in [0.717, 1.165) is 16.3 Å². The summed E-state index contributed by atoms with van der Waals surface area (Å²) in [5.41, 5.74) is 2.00. The van der Waals surface area contributed by atoms with Crippen molar-refractivity contribution in [3.63, 3.8) is 0 Å². The van der Waals surface area contributed by atoms with E-state index in [9.17, 15) is 4.79 Å². The lowest BCUT2D eigenvalue weighted by atomic mass is 10.2. The van der Waals surface area contributed by atoms with Crippen LogP contribution < -0.4 is 14.4 Å². The van der Waals surface area contributed by atoms with Gasteiger partial charge in [-0.05, 0) is 42.6 Å². The number of rotatable bonds is 5. The fraction of sp³-hybridized carbons (Fsp3) is 0.174. The molecule has 7 nitrogen and oxygen atoms in total. The highest BCUT2D eigenvalue weighted by molar-refractivity contribution is 7.09. The molecule has 0 bridgehead atoms. The lowest BCUT2D eigenvalue weighted by molar-refractivity contribution is 0.0984. The van der Waals surface area contributed by atoms with Crippen LogP contribution in [0.3, 0.4) is 0 Å². The zero-order valence-corrected chi connectivity index (χ0v) is 17.7. The third-order valence-corrected chi connectivity index (χ3v) is 5.94. The number of carbonyl (C=O) groups is 1. The predicted octanol–water partition coefficient (Wildman–Crippen LogP) is 4.26. The molecule has 5 rings (SSSR count). The van der Waals surface area contributed by atoms with Crippen LogP contribution in [0.25, 0.3) is 5.82 Å². The van der Waals surface area contributed by atoms with Crippen molar-refractivity contribution in [3.8, 4) is 17.3 Å². The topological polar surface area (TPSA) is 69.5 Å². The molecule has 0 unspecified atom stereocenters. The monoisotopic (exact) mass is 432 g/mol. The molecule has 0 saturated heterocycles. The average molecular weight is 433 g/mol. The van der Waals surface area contributed by atoms with Crippen LogP contribution in [0.15, 0.2) is 66.3 Å². The molecule has 1 aliphatic heterocycles. The summed E-state index contributed by atoms with van der Waals surface area (Å²) < 4.78 is 13.1. The van der Waals surface area contributed by atoms with Crippen LogP contribution in [0.2, 0.25) is 0 Å². The average Bonchev–Trinajstić information content (AvgIpc) is 3.47. The largest absolute Gasteiger partial charge is 0.486 e. The van der Waals surface area contributed by atoms with Gasteiger partial charge >= 0.3 is 0 Å². The minimum atomic E-state index is -0.134. The zero-order valence-electron chi connectivity index (χ0n) is 16.9. The number of aromatic nitrogens is 3. The van der Waals surface area contributed by atoms with Crippen LogP contribution in [0, 0.1) is 6.92 Å². The van der Waals surface area contributed by atoms with Crippen LogP contribution in [0.5, 0.6) is 11.5 Å². The number of pyridine rings is 1. The first-order valence-corrected chi connectivity index (χ1v) is 10.8. The van der Waals surface area contributed by atoms with Crippen LogP contribution >= 0.6 is 11.3 Å². The summed E-state index contributed by atoms with van der Waals surface area (Å²) in [5, 5.41) is 6.42. The Kier molecular flexibility index (Phi) is 5.13. The van der Waals surface area contributed by atoms with Crippen LogP contribution in [0.4, 0.5) is 5.69 Å². The minimum Gasteiger partial charge on any atom is -0.486 e. The van der Waals surface area contributed by atoms with E-state index < -0.39 is 0 Å². The summed E-state index contributed by atoms with van der Waals surface area (Å²) in [6, 6.07) is 15.2. The molecular formula is C23H20N4O3S. The van der Waals surface area contributed by atoms with Crippen molar-refractivity contribution in [2.45, 2.75) is 13.5 Å². The van der Waals surface area contributed by atoms with Gasteiger partial charge in [-0.2, -0.15) is 5.10 Å². The summed E-state index contributed by atoms with van der Waals surface area (Å²) >= 11 is 1.61. The van der Waals surface area contributed by atoms with Crippen molar-refractivity contribution in [2.75, 3.05) is 18.1 Å². The molecule has 4 aromatic rings. The zero-order chi connectivity index (χ0) is 21.2. The van der Waals surface area contributed by atoms with E-state index in [0.29, 0.717) is 42.6 Å². The number of thiophene rings is 1. The number of amides is 1. The summed E-state index contributed by atoms with van der Waals surface area (Å²) in [7, 11) is 0. The highest BCUT2D eigenvalue weighted by atomic mass is 32.1. The van der Waals surface area contributed by atoms with Gasteiger partial charge in [0.15, 0.2) is 17.3 Å². The third-order valence-electron chi connectivity index (χ3n) is 5.08. The maximum absolute atomic E-state index is 13.7. The maximum atomic E-state index is 13.7. The molecule has 1 aromatic carbocycles. The van der Waals surface area contributed by atoms with Gasteiger partial charge in [0, 0.05) is 22.8 Å². The Morgan fingerprint density at radius 1 is 1.13 bits per heavy atom. The molecule has 0 aliphatic carbocycles. The second kappa shape index (κ2) is 8.23. The molecular weight excluding hydrogens is 412 g/mol. The Balaban J connectivity index is 1.53. The Bertz CT molecular complexity index is 1210. The number of ether oxygens (including phenoxy) is 2. The first kappa shape index (κ1) is 19.3. The fourth-order valence-corrected chi connectivity index (χ4v) is 4.21. The van der Waals surface area contributed by atoms with Crippen LogP contribution in [-0.4, -0.2) is 33.9 Å². The molecule has 0 spiro atoms. The summed E-state index contributed by atoms with van der Waals surface area (Å²) in [5.74, 6) is 1.87. The summed E-state index contributed by atoms with van der Waals surface area (Å²) in [6.45, 7) is 3.34. The van der Waals surface area contributed by atoms with Gasteiger partial charge < -0.3 is 14.4 Å². The SMILES string of the molecule is Cc1c(C(=O)N(Cc2cccs2)c2ccc3c(c2)OCCO3)cnn1-c1ccccn1. The lowest BCUT2D eigenvalue weighted by Crippen LogP contribution is -2.30. The lowest BCUT2D eigenvalue weighted by Gasteiger charge is -2.25. The Morgan fingerprint density at radius 3 is 2.77 bits per heavy atom. The number of carbonyl (C=O) groups excluding carboxylic acids is 1. The fourth-order valence-electron chi connectivity index (χ4n) is 3.51. The maximum Gasteiger partial charge on any atom is 0.262 e. The van der Waals surface area contributed by atoms with Gasteiger partial charge in [0.05, 0.1) is 24.0 Å².